The Kier molecular flexibility index (Phi) is 5.73. The first kappa shape index (κ1) is 16.5. The second-order valence-electron chi connectivity index (χ2n) is 5.40. The number of carbonyl (C=O) groups excluding carboxylic acids is 1. The molecule has 118 valence electrons. The predicted octanol–water partition coefficient (Wildman–Crippen LogP) is 1.22. The van der Waals surface area contributed by atoms with Crippen LogP contribution in [-0.2, 0) is 11.3 Å². The molecule has 2 N–H and O–H groups in total. The number of likely N-dealkylation sites (N-methyl/N-ethyl adjacent to an activating group) is 1. The number of nitrogens with one attached hydrogen (secondary N) is 2. The lowest BCUT2D eigenvalue weighted by molar-refractivity contribution is -0.885. The molecule has 0 saturated carbocycles. The Hall–Kier alpha value is -2.84. The Morgan fingerprint density at radius 1 is 1.17 bits per heavy atom. The van der Waals surface area contributed by atoms with E-state index in [1.165, 1.54) is 0 Å². The molecule has 0 bridgehead atoms. The van der Waals surface area contributed by atoms with Gasteiger partial charge in [-0.1, -0.05) is 12.1 Å². The standard InChI is InChI=1S/C18H19N3O2/c1-21(12-15-5-3-14(11-19)4-6-15)13-18(22)20-16-7-9-17(23-2)10-8-16/h3-10H,12-13H2,1-2H3,(H,20,22)/p+1. The van der Waals surface area contributed by atoms with E-state index in [0.717, 1.165) is 28.4 Å². The third-order valence-electron chi connectivity index (χ3n) is 3.43. The number of anilines is 1. The van der Waals surface area contributed by atoms with Crippen molar-refractivity contribution in [3.8, 4) is 11.8 Å². The second kappa shape index (κ2) is 7.97. The largest absolute Gasteiger partial charge is 0.497 e. The van der Waals surface area contributed by atoms with Crippen LogP contribution in [0, 0.1) is 11.3 Å². The van der Waals surface area contributed by atoms with E-state index < -0.39 is 0 Å². The summed E-state index contributed by atoms with van der Waals surface area (Å²) in [7, 11) is 3.57. The second-order valence-corrected chi connectivity index (χ2v) is 5.40. The summed E-state index contributed by atoms with van der Waals surface area (Å²) in [5.41, 5.74) is 2.49. The van der Waals surface area contributed by atoms with Gasteiger partial charge in [-0.15, -0.1) is 0 Å². The lowest BCUT2D eigenvalue weighted by Gasteiger charge is -2.14. The average molecular weight is 310 g/mol. The first-order valence-electron chi connectivity index (χ1n) is 7.35. The summed E-state index contributed by atoms with van der Waals surface area (Å²) < 4.78 is 5.08. The molecule has 5 nitrogen and oxygen atoms in total. The Labute approximate surface area is 136 Å². The molecule has 0 radical (unpaired) electrons. The normalized spacial score (nSPS) is 11.3. The molecule has 0 saturated heterocycles. The van der Waals surface area contributed by atoms with E-state index in [1.807, 2.05) is 43.4 Å². The zero-order valence-electron chi connectivity index (χ0n) is 13.3. The molecule has 0 spiro atoms. The third-order valence-corrected chi connectivity index (χ3v) is 3.43. The predicted molar refractivity (Wildman–Crippen MR) is 88.2 cm³/mol. The Balaban J connectivity index is 1.84. The van der Waals surface area contributed by atoms with Gasteiger partial charge < -0.3 is 15.0 Å². The Morgan fingerprint density at radius 3 is 2.39 bits per heavy atom. The molecule has 2 rings (SSSR count). The summed E-state index contributed by atoms with van der Waals surface area (Å²) in [6, 6.07) is 16.8. The molecule has 23 heavy (non-hydrogen) atoms. The van der Waals surface area contributed by atoms with Gasteiger partial charge in [-0.25, -0.2) is 0 Å². The van der Waals surface area contributed by atoms with Gasteiger partial charge in [0.05, 0.1) is 25.8 Å². The quantitative estimate of drug-likeness (QED) is 0.843. The van der Waals surface area contributed by atoms with Crippen LogP contribution < -0.4 is 15.0 Å². The Bertz CT molecular complexity index is 688. The van der Waals surface area contributed by atoms with Crippen molar-refractivity contribution >= 4 is 11.6 Å². The number of carbonyl (C=O) groups is 1. The molecule has 0 fully saturated rings. The minimum absolute atomic E-state index is 0.0405. The highest BCUT2D eigenvalue weighted by molar-refractivity contribution is 5.91. The maximum Gasteiger partial charge on any atom is 0.279 e. The highest BCUT2D eigenvalue weighted by atomic mass is 16.5. The molecule has 2 aromatic rings. The lowest BCUT2D eigenvalue weighted by Crippen LogP contribution is -3.08. The fraction of sp³-hybridized carbons (Fsp3) is 0.222. The van der Waals surface area contributed by atoms with Crippen molar-refractivity contribution in [3.63, 3.8) is 0 Å². The average Bonchev–Trinajstić information content (AvgIpc) is 2.56. The van der Waals surface area contributed by atoms with Crippen LogP contribution in [0.2, 0.25) is 0 Å². The number of quaternary nitrogens is 1. The number of hydrogen-bond donors (Lipinski definition) is 2. The van der Waals surface area contributed by atoms with E-state index in [1.54, 1.807) is 19.2 Å². The van der Waals surface area contributed by atoms with E-state index in [4.69, 9.17) is 10.00 Å². The van der Waals surface area contributed by atoms with Crippen molar-refractivity contribution in [1.29, 1.82) is 5.26 Å². The molecular weight excluding hydrogens is 290 g/mol. The van der Waals surface area contributed by atoms with Crippen LogP contribution in [-0.4, -0.2) is 26.6 Å². The number of amides is 1. The van der Waals surface area contributed by atoms with Gasteiger partial charge in [-0.2, -0.15) is 5.26 Å². The molecule has 0 heterocycles. The van der Waals surface area contributed by atoms with Crippen LogP contribution in [0.4, 0.5) is 5.69 Å². The number of nitriles is 1. The number of nitrogens with zero attached hydrogens (tertiary/aromatic N) is 1. The van der Waals surface area contributed by atoms with Gasteiger partial charge >= 0.3 is 0 Å². The fourth-order valence-electron chi connectivity index (χ4n) is 2.26. The zero-order valence-corrected chi connectivity index (χ0v) is 13.3. The van der Waals surface area contributed by atoms with Crippen molar-refractivity contribution in [3.05, 3.63) is 59.7 Å². The maximum absolute atomic E-state index is 12.1. The molecule has 0 aromatic heterocycles. The topological polar surface area (TPSA) is 66.6 Å². The summed E-state index contributed by atoms with van der Waals surface area (Å²) in [6.07, 6.45) is 0. The van der Waals surface area contributed by atoms with E-state index in [9.17, 15) is 4.79 Å². The van der Waals surface area contributed by atoms with Crippen molar-refractivity contribution < 1.29 is 14.4 Å². The van der Waals surface area contributed by atoms with Crippen LogP contribution in [0.15, 0.2) is 48.5 Å². The molecule has 1 unspecified atom stereocenters. The summed E-state index contributed by atoms with van der Waals surface area (Å²) in [4.78, 5) is 13.1. The van der Waals surface area contributed by atoms with Crippen LogP contribution in [0.5, 0.6) is 5.75 Å². The summed E-state index contributed by atoms with van der Waals surface area (Å²) in [5.74, 6) is 0.716. The molecule has 5 heteroatoms. The minimum Gasteiger partial charge on any atom is -0.497 e. The van der Waals surface area contributed by atoms with Crippen LogP contribution in [0.3, 0.4) is 0 Å². The molecular formula is C18H20N3O2+. The van der Waals surface area contributed by atoms with Crippen molar-refractivity contribution in [1.82, 2.24) is 0 Å². The third kappa shape index (κ3) is 5.13. The minimum atomic E-state index is -0.0405. The Morgan fingerprint density at radius 2 is 1.83 bits per heavy atom. The van der Waals surface area contributed by atoms with Gasteiger partial charge in [0, 0.05) is 11.3 Å². The molecule has 1 atom stereocenters. The van der Waals surface area contributed by atoms with Gasteiger partial charge in [-0.3, -0.25) is 4.79 Å². The maximum atomic E-state index is 12.1. The molecule has 2 aromatic carbocycles. The number of benzene rings is 2. The summed E-state index contributed by atoms with van der Waals surface area (Å²) in [6.45, 7) is 1.09. The number of hydrogen-bond acceptors (Lipinski definition) is 3. The smallest absolute Gasteiger partial charge is 0.279 e. The summed E-state index contributed by atoms with van der Waals surface area (Å²) >= 11 is 0. The van der Waals surface area contributed by atoms with Gasteiger partial charge in [0.2, 0.25) is 0 Å². The van der Waals surface area contributed by atoms with Gasteiger partial charge in [-0.05, 0) is 36.4 Å². The monoisotopic (exact) mass is 310 g/mol. The number of ether oxygens (including phenoxy) is 1. The SMILES string of the molecule is COc1ccc(NC(=O)C[NH+](C)Cc2ccc(C#N)cc2)cc1. The highest BCUT2D eigenvalue weighted by Crippen LogP contribution is 2.14. The van der Waals surface area contributed by atoms with Crippen molar-refractivity contribution in [2.24, 2.45) is 0 Å². The van der Waals surface area contributed by atoms with Crippen LogP contribution >= 0.6 is 0 Å². The molecule has 0 aliphatic heterocycles. The van der Waals surface area contributed by atoms with Gasteiger partial charge in [0.25, 0.3) is 5.91 Å². The van der Waals surface area contributed by atoms with Gasteiger partial charge in [0.1, 0.15) is 12.3 Å². The summed E-state index contributed by atoms with van der Waals surface area (Å²) in [5, 5.41) is 11.7. The van der Waals surface area contributed by atoms with E-state index >= 15 is 0 Å². The van der Waals surface area contributed by atoms with E-state index in [0.29, 0.717) is 12.1 Å². The molecule has 0 aliphatic rings. The molecule has 1 amide bonds. The molecule has 0 aliphatic carbocycles. The fourth-order valence-corrected chi connectivity index (χ4v) is 2.26. The number of methoxy groups -OCH3 is 1. The van der Waals surface area contributed by atoms with Gasteiger partial charge in [0.15, 0.2) is 6.54 Å². The zero-order chi connectivity index (χ0) is 16.7. The highest BCUT2D eigenvalue weighted by Gasteiger charge is 2.11. The van der Waals surface area contributed by atoms with Crippen molar-refractivity contribution in [2.45, 2.75) is 6.54 Å². The van der Waals surface area contributed by atoms with Crippen LogP contribution in [0.1, 0.15) is 11.1 Å². The number of rotatable bonds is 6. The van der Waals surface area contributed by atoms with Crippen LogP contribution in [0.25, 0.3) is 0 Å². The first-order valence-corrected chi connectivity index (χ1v) is 7.35. The van der Waals surface area contributed by atoms with E-state index in [2.05, 4.69) is 11.4 Å². The van der Waals surface area contributed by atoms with Crippen molar-refractivity contribution in [2.75, 3.05) is 26.0 Å². The van der Waals surface area contributed by atoms with E-state index in [-0.39, 0.29) is 5.91 Å². The first-order chi connectivity index (χ1) is 11.1. The lowest BCUT2D eigenvalue weighted by atomic mass is 10.1.